The molecule has 106 heavy (non-hydrogen) atoms. The maximum atomic E-state index is 13.2. The minimum atomic E-state index is -4.97. The van der Waals surface area contributed by atoms with Gasteiger partial charge in [0.15, 0.2) is 12.2 Å². The van der Waals surface area contributed by atoms with Gasteiger partial charge in [0, 0.05) is 25.7 Å². The van der Waals surface area contributed by atoms with Crippen molar-refractivity contribution in [3.63, 3.8) is 0 Å². The van der Waals surface area contributed by atoms with Crippen molar-refractivity contribution in [3.05, 3.63) is 0 Å². The van der Waals surface area contributed by atoms with Gasteiger partial charge in [-0.15, -0.1) is 0 Å². The van der Waals surface area contributed by atoms with E-state index in [1.54, 1.807) is 0 Å². The molecule has 0 heterocycles. The summed E-state index contributed by atoms with van der Waals surface area (Å²) in [4.78, 5) is 73.2. The number of phosphoric ester groups is 2. The number of hydrogen-bond donors (Lipinski definition) is 3. The number of aliphatic hydroxyl groups is 1. The molecule has 17 nitrogen and oxygen atoms in total. The Balaban J connectivity index is 5.20. The molecule has 0 aliphatic rings. The van der Waals surface area contributed by atoms with Gasteiger partial charge < -0.3 is 33.8 Å². The van der Waals surface area contributed by atoms with Crippen molar-refractivity contribution in [2.75, 3.05) is 39.6 Å². The largest absolute Gasteiger partial charge is 0.472 e. The minimum absolute atomic E-state index is 0.105. The van der Waals surface area contributed by atoms with Gasteiger partial charge in [0.2, 0.25) is 0 Å². The monoisotopic (exact) mass is 1550 g/mol. The Morgan fingerprint density at radius 2 is 0.434 bits per heavy atom. The zero-order valence-electron chi connectivity index (χ0n) is 69.7. The van der Waals surface area contributed by atoms with Crippen LogP contribution in [0.5, 0.6) is 0 Å². The van der Waals surface area contributed by atoms with Crippen molar-refractivity contribution in [1.82, 2.24) is 0 Å². The van der Waals surface area contributed by atoms with Crippen LogP contribution in [0.15, 0.2) is 0 Å². The van der Waals surface area contributed by atoms with Crippen molar-refractivity contribution < 1.29 is 80.2 Å². The third-order valence-electron chi connectivity index (χ3n) is 20.5. The third-order valence-corrected chi connectivity index (χ3v) is 22.4. The topological polar surface area (TPSA) is 237 Å². The van der Waals surface area contributed by atoms with Crippen molar-refractivity contribution >= 4 is 39.5 Å². The zero-order valence-corrected chi connectivity index (χ0v) is 71.5. The molecule has 0 aromatic carbocycles. The summed E-state index contributed by atoms with van der Waals surface area (Å²) in [7, 11) is -9.93. The number of unbranched alkanes of at least 4 members (excludes halogenated alkanes) is 56. The van der Waals surface area contributed by atoms with Crippen LogP contribution in [0, 0.1) is 11.8 Å². The maximum absolute atomic E-state index is 13.2. The molecule has 0 aromatic rings. The highest BCUT2D eigenvalue weighted by atomic mass is 31.2. The van der Waals surface area contributed by atoms with Gasteiger partial charge in [-0.2, -0.15) is 0 Å². The quantitative estimate of drug-likeness (QED) is 0.0222. The number of phosphoric acid groups is 2. The summed E-state index contributed by atoms with van der Waals surface area (Å²) in [6.07, 6.45) is 71.2. The fourth-order valence-electron chi connectivity index (χ4n) is 13.6. The Morgan fingerprint density at radius 3 is 0.642 bits per heavy atom. The molecule has 0 amide bonds. The molecule has 0 aromatic heterocycles. The van der Waals surface area contributed by atoms with Crippen LogP contribution in [0.2, 0.25) is 0 Å². The molecule has 0 aliphatic heterocycles. The van der Waals surface area contributed by atoms with E-state index in [0.29, 0.717) is 25.7 Å². The van der Waals surface area contributed by atoms with E-state index in [2.05, 4.69) is 41.5 Å². The molecule has 0 rings (SSSR count). The van der Waals surface area contributed by atoms with Gasteiger partial charge in [-0.3, -0.25) is 37.3 Å². The van der Waals surface area contributed by atoms with Gasteiger partial charge >= 0.3 is 39.5 Å². The van der Waals surface area contributed by atoms with E-state index < -0.39 is 97.5 Å². The molecular formula is C87H170O17P2. The Bertz CT molecular complexity index is 2030. The first kappa shape index (κ1) is 104. The third kappa shape index (κ3) is 80.1. The second-order valence-corrected chi connectivity index (χ2v) is 35.1. The zero-order chi connectivity index (χ0) is 77.8. The molecule has 0 radical (unpaired) electrons. The number of carbonyl (C=O) groups excluding carboxylic acids is 4. The van der Waals surface area contributed by atoms with Gasteiger partial charge in [0.1, 0.15) is 19.3 Å². The predicted octanol–water partition coefficient (Wildman–Crippen LogP) is 26.6. The molecule has 19 heteroatoms. The van der Waals surface area contributed by atoms with Crippen molar-refractivity contribution in [2.45, 2.75) is 484 Å². The summed E-state index contributed by atoms with van der Waals surface area (Å²) >= 11 is 0. The highest BCUT2D eigenvalue weighted by Gasteiger charge is 2.30. The fraction of sp³-hybridized carbons (Fsp3) is 0.954. The van der Waals surface area contributed by atoms with Crippen LogP contribution in [-0.4, -0.2) is 96.7 Å². The summed E-state index contributed by atoms with van der Waals surface area (Å²) in [5, 5.41) is 10.7. The molecule has 0 fully saturated rings. The van der Waals surface area contributed by atoms with Crippen LogP contribution >= 0.6 is 15.6 Å². The minimum Gasteiger partial charge on any atom is -0.462 e. The predicted molar refractivity (Wildman–Crippen MR) is 437 cm³/mol. The Morgan fingerprint density at radius 1 is 0.255 bits per heavy atom. The number of hydrogen-bond acceptors (Lipinski definition) is 15. The summed E-state index contributed by atoms with van der Waals surface area (Å²) in [6, 6.07) is 0. The molecule has 5 atom stereocenters. The van der Waals surface area contributed by atoms with E-state index in [9.17, 15) is 43.2 Å². The van der Waals surface area contributed by atoms with Gasteiger partial charge in [-0.05, 0) is 37.5 Å². The first-order chi connectivity index (χ1) is 51.4. The van der Waals surface area contributed by atoms with Crippen LogP contribution in [0.1, 0.15) is 465 Å². The van der Waals surface area contributed by atoms with E-state index in [4.69, 9.17) is 37.0 Å². The van der Waals surface area contributed by atoms with Crippen LogP contribution in [0.25, 0.3) is 0 Å². The number of carbonyl (C=O) groups is 4. The van der Waals surface area contributed by atoms with Gasteiger partial charge in [0.05, 0.1) is 26.4 Å². The Hall–Kier alpha value is -1.94. The Labute approximate surface area is 651 Å². The Kier molecular flexibility index (Phi) is 76.9. The van der Waals surface area contributed by atoms with E-state index in [-0.39, 0.29) is 25.7 Å². The summed E-state index contributed by atoms with van der Waals surface area (Å²) in [5.74, 6) is -0.643. The molecule has 0 spiro atoms. The lowest BCUT2D eigenvalue weighted by Crippen LogP contribution is -2.30. The average molecular weight is 1550 g/mol. The lowest BCUT2D eigenvalue weighted by molar-refractivity contribution is -0.161. The molecule has 2 unspecified atom stereocenters. The highest BCUT2D eigenvalue weighted by Crippen LogP contribution is 2.45. The summed E-state index contributed by atoms with van der Waals surface area (Å²) in [5.41, 5.74) is 0. The maximum Gasteiger partial charge on any atom is 0.472 e. The number of aliphatic hydroxyl groups excluding tert-OH is 1. The molecule has 0 saturated heterocycles. The van der Waals surface area contributed by atoms with Gasteiger partial charge in [0.25, 0.3) is 0 Å². The van der Waals surface area contributed by atoms with E-state index >= 15 is 0 Å². The fourth-order valence-corrected chi connectivity index (χ4v) is 15.2. The SMILES string of the molecule is CCCCCCCCCCCCCCCCCCCCCCCCC(=O)O[C@H](COC(=O)CCCCCCCCCCCCCCCCCCCCCCC)COP(=O)(O)OC[C@@H](O)COP(=O)(O)OC[C@@H](COC(=O)CCCCCCCCCCC(C)C)OC(=O)CCCCCCCCCCCC(C)C. The average Bonchev–Trinajstić information content (AvgIpc) is 0.903. The molecule has 0 aliphatic carbocycles. The number of ether oxygens (including phenoxy) is 4. The molecule has 3 N–H and O–H groups in total. The number of rotatable bonds is 86. The van der Waals surface area contributed by atoms with Crippen LogP contribution in [0.3, 0.4) is 0 Å². The molecule has 0 bridgehead atoms. The standard InChI is InChI=1S/C87H170O17P2/c1-7-9-11-13-15-17-19-21-23-25-27-29-31-33-35-37-39-41-45-53-59-65-71-86(91)103-82(75-97-84(89)69-63-57-51-44-40-38-36-34-32-30-28-26-24-22-20-18-16-14-12-10-8-2)77-101-105(93,94)99-73-81(88)74-100-106(95,96)102-78-83(76-98-85(90)70-64-58-52-48-47-50-56-62-68-80(5)6)104-87(92)72-66-60-54-46-42-43-49-55-61-67-79(3)4/h79-83,88H,7-78H2,1-6H3,(H,93,94)(H,95,96)/t81-,82-,83-/m1/s1. The first-order valence-electron chi connectivity index (χ1n) is 45.0. The van der Waals surface area contributed by atoms with Crippen LogP contribution in [0.4, 0.5) is 0 Å². The first-order valence-corrected chi connectivity index (χ1v) is 48.0. The van der Waals surface area contributed by atoms with E-state index in [1.807, 2.05) is 0 Å². The van der Waals surface area contributed by atoms with Crippen molar-refractivity contribution in [1.29, 1.82) is 0 Å². The second kappa shape index (κ2) is 78.3. The van der Waals surface area contributed by atoms with Crippen molar-refractivity contribution in [3.8, 4) is 0 Å². The molecule has 630 valence electrons. The van der Waals surface area contributed by atoms with Gasteiger partial charge in [-0.25, -0.2) is 9.13 Å². The number of esters is 4. The van der Waals surface area contributed by atoms with E-state index in [0.717, 1.165) is 102 Å². The molecular weight excluding hydrogens is 1380 g/mol. The van der Waals surface area contributed by atoms with Gasteiger partial charge in [-0.1, -0.05) is 414 Å². The summed E-state index contributed by atoms with van der Waals surface area (Å²) < 4.78 is 68.9. The van der Waals surface area contributed by atoms with Crippen LogP contribution in [-0.2, 0) is 65.4 Å². The summed E-state index contributed by atoms with van der Waals surface area (Å²) in [6.45, 7) is 9.60. The second-order valence-electron chi connectivity index (χ2n) is 32.2. The van der Waals surface area contributed by atoms with Crippen LogP contribution < -0.4 is 0 Å². The van der Waals surface area contributed by atoms with Crippen molar-refractivity contribution in [2.24, 2.45) is 11.8 Å². The lowest BCUT2D eigenvalue weighted by Gasteiger charge is -2.21. The normalized spacial score (nSPS) is 13.8. The lowest BCUT2D eigenvalue weighted by atomic mass is 10.0. The highest BCUT2D eigenvalue weighted by molar-refractivity contribution is 7.47. The smallest absolute Gasteiger partial charge is 0.462 e. The molecule has 0 saturated carbocycles. The van der Waals surface area contributed by atoms with E-state index in [1.165, 1.54) is 283 Å².